The van der Waals surface area contributed by atoms with Crippen LogP contribution in [0.1, 0.15) is 20.8 Å². The van der Waals surface area contributed by atoms with E-state index in [4.69, 9.17) is 9.47 Å². The van der Waals surface area contributed by atoms with Crippen molar-refractivity contribution in [2.45, 2.75) is 30.8 Å². The molecular weight excluding hydrogens is 208 g/mol. The van der Waals surface area contributed by atoms with E-state index in [-0.39, 0.29) is 0 Å². The third-order valence-electron chi connectivity index (χ3n) is 1.86. The summed E-state index contributed by atoms with van der Waals surface area (Å²) in [5.74, 6) is 0. The lowest BCUT2D eigenvalue weighted by atomic mass is 10.4. The number of hydrogen-bond acceptors (Lipinski definition) is 3. The Kier molecular flexibility index (Phi) is 5.15. The second-order valence-electron chi connectivity index (χ2n) is 3.14. The maximum absolute atomic E-state index is 5.61. The topological polar surface area (TPSA) is 18.5 Å². The highest BCUT2D eigenvalue weighted by atomic mass is 32.2. The molecule has 0 aliphatic carbocycles. The zero-order valence-corrected chi connectivity index (χ0v) is 10.3. The second-order valence-corrected chi connectivity index (χ2v) is 4.56. The molecule has 3 heteroatoms. The molecule has 0 unspecified atom stereocenters. The Morgan fingerprint density at radius 1 is 1.07 bits per heavy atom. The van der Waals surface area contributed by atoms with E-state index in [9.17, 15) is 0 Å². The zero-order valence-electron chi connectivity index (χ0n) is 9.53. The molecule has 0 radical (unpaired) electrons. The van der Waals surface area contributed by atoms with Crippen molar-refractivity contribution in [1.82, 2.24) is 0 Å². The Balaban J connectivity index is 2.66. The van der Waals surface area contributed by atoms with Crippen LogP contribution < -0.4 is 0 Å². The minimum atomic E-state index is -0.579. The fraction of sp³-hybridized carbons (Fsp3) is 0.500. The van der Waals surface area contributed by atoms with Gasteiger partial charge < -0.3 is 9.47 Å². The van der Waals surface area contributed by atoms with Crippen LogP contribution in [0.25, 0.3) is 0 Å². The molecule has 0 fully saturated rings. The summed E-state index contributed by atoms with van der Waals surface area (Å²) >= 11 is 1.60. The lowest BCUT2D eigenvalue weighted by molar-refractivity contribution is -0.152. The summed E-state index contributed by atoms with van der Waals surface area (Å²) in [4.78, 5) is 1.15. The van der Waals surface area contributed by atoms with Crippen molar-refractivity contribution in [2.24, 2.45) is 0 Å². The van der Waals surface area contributed by atoms with Crippen LogP contribution >= 0.6 is 11.8 Å². The first-order valence-corrected chi connectivity index (χ1v) is 6.04. The highest BCUT2D eigenvalue weighted by Gasteiger charge is 2.26. The van der Waals surface area contributed by atoms with Crippen LogP contribution in [0.2, 0.25) is 0 Å². The third kappa shape index (κ3) is 4.24. The predicted molar refractivity (Wildman–Crippen MR) is 64.0 cm³/mol. The van der Waals surface area contributed by atoms with Crippen LogP contribution in [0.3, 0.4) is 0 Å². The summed E-state index contributed by atoms with van der Waals surface area (Å²) in [5, 5.41) is -0.579. The van der Waals surface area contributed by atoms with Crippen molar-refractivity contribution >= 4 is 11.8 Å². The molecule has 1 aromatic carbocycles. The molecule has 0 spiro atoms. The molecule has 0 heterocycles. The Hall–Kier alpha value is -0.510. The van der Waals surface area contributed by atoms with Crippen LogP contribution in [-0.2, 0) is 9.47 Å². The molecule has 2 nitrogen and oxygen atoms in total. The molecule has 0 bridgehead atoms. The van der Waals surface area contributed by atoms with Crippen molar-refractivity contribution in [2.75, 3.05) is 13.2 Å². The highest BCUT2D eigenvalue weighted by molar-refractivity contribution is 8.00. The molecule has 0 aromatic heterocycles. The fourth-order valence-corrected chi connectivity index (χ4v) is 2.40. The van der Waals surface area contributed by atoms with E-state index < -0.39 is 5.12 Å². The molecular formula is C12H18O2S. The first kappa shape index (κ1) is 12.6. The minimum Gasteiger partial charge on any atom is -0.341 e. The maximum atomic E-state index is 5.61. The summed E-state index contributed by atoms with van der Waals surface area (Å²) in [6.07, 6.45) is 0. The van der Waals surface area contributed by atoms with Crippen LogP contribution in [0, 0.1) is 0 Å². The van der Waals surface area contributed by atoms with Gasteiger partial charge >= 0.3 is 0 Å². The van der Waals surface area contributed by atoms with E-state index >= 15 is 0 Å². The second kappa shape index (κ2) is 6.16. The molecule has 0 aliphatic heterocycles. The van der Waals surface area contributed by atoms with Gasteiger partial charge in [-0.2, -0.15) is 0 Å². The van der Waals surface area contributed by atoms with Gasteiger partial charge in [-0.15, -0.1) is 0 Å². The number of thioether (sulfide) groups is 1. The summed E-state index contributed by atoms with van der Waals surface area (Å²) in [6.45, 7) is 7.20. The zero-order chi connectivity index (χ0) is 11.1. The van der Waals surface area contributed by atoms with Crippen molar-refractivity contribution in [3.63, 3.8) is 0 Å². The summed E-state index contributed by atoms with van der Waals surface area (Å²) in [7, 11) is 0. The van der Waals surface area contributed by atoms with Crippen LogP contribution in [-0.4, -0.2) is 18.3 Å². The van der Waals surface area contributed by atoms with Gasteiger partial charge in [0.25, 0.3) is 0 Å². The molecule has 0 saturated carbocycles. The van der Waals surface area contributed by atoms with Gasteiger partial charge in [0.15, 0.2) is 0 Å². The molecule has 0 saturated heterocycles. The average Bonchev–Trinajstić information content (AvgIpc) is 2.19. The van der Waals surface area contributed by atoms with E-state index in [1.54, 1.807) is 11.8 Å². The molecule has 1 aromatic rings. The number of rotatable bonds is 6. The van der Waals surface area contributed by atoms with Gasteiger partial charge in [0, 0.05) is 25.0 Å². The SMILES string of the molecule is CCOC(C)(OCC)Sc1ccccc1. The van der Waals surface area contributed by atoms with Gasteiger partial charge in [-0.05, 0) is 26.0 Å². The van der Waals surface area contributed by atoms with E-state index in [1.807, 2.05) is 39.0 Å². The standard InChI is InChI=1S/C12H18O2S/c1-4-13-12(3,14-5-2)15-11-9-7-6-8-10-11/h6-10H,4-5H2,1-3H3. The number of benzene rings is 1. The van der Waals surface area contributed by atoms with E-state index in [2.05, 4.69) is 12.1 Å². The quantitative estimate of drug-likeness (QED) is 0.546. The van der Waals surface area contributed by atoms with Gasteiger partial charge in [0.05, 0.1) is 0 Å². The lowest BCUT2D eigenvalue weighted by Crippen LogP contribution is -2.28. The molecule has 15 heavy (non-hydrogen) atoms. The van der Waals surface area contributed by atoms with Gasteiger partial charge in [0.1, 0.15) is 0 Å². The van der Waals surface area contributed by atoms with Crippen molar-refractivity contribution in [3.8, 4) is 0 Å². The first-order chi connectivity index (χ1) is 7.20. The van der Waals surface area contributed by atoms with Crippen LogP contribution in [0.5, 0.6) is 0 Å². The smallest absolute Gasteiger partial charge is 0.219 e. The highest BCUT2D eigenvalue weighted by Crippen LogP contribution is 2.34. The van der Waals surface area contributed by atoms with Crippen molar-refractivity contribution < 1.29 is 9.47 Å². The molecule has 0 N–H and O–H groups in total. The fourth-order valence-electron chi connectivity index (χ4n) is 1.33. The third-order valence-corrected chi connectivity index (χ3v) is 2.97. The Labute approximate surface area is 96.0 Å². The monoisotopic (exact) mass is 226 g/mol. The Morgan fingerprint density at radius 2 is 1.60 bits per heavy atom. The Bertz CT molecular complexity index is 268. The average molecular weight is 226 g/mol. The van der Waals surface area contributed by atoms with Crippen molar-refractivity contribution in [1.29, 1.82) is 0 Å². The van der Waals surface area contributed by atoms with E-state index in [1.165, 1.54) is 0 Å². The maximum Gasteiger partial charge on any atom is 0.219 e. The lowest BCUT2D eigenvalue weighted by Gasteiger charge is -2.28. The summed E-state index contributed by atoms with van der Waals surface area (Å²) in [5.41, 5.74) is 0. The largest absolute Gasteiger partial charge is 0.341 e. The van der Waals surface area contributed by atoms with Crippen LogP contribution in [0.4, 0.5) is 0 Å². The first-order valence-electron chi connectivity index (χ1n) is 5.22. The minimum absolute atomic E-state index is 0.579. The predicted octanol–water partition coefficient (Wildman–Crippen LogP) is 3.53. The van der Waals surface area contributed by atoms with Gasteiger partial charge in [0.2, 0.25) is 5.12 Å². The van der Waals surface area contributed by atoms with E-state index in [0.717, 1.165) is 4.90 Å². The van der Waals surface area contributed by atoms with E-state index in [0.29, 0.717) is 13.2 Å². The van der Waals surface area contributed by atoms with Crippen LogP contribution in [0.15, 0.2) is 35.2 Å². The molecule has 0 atom stereocenters. The van der Waals surface area contributed by atoms with Crippen molar-refractivity contribution in [3.05, 3.63) is 30.3 Å². The Morgan fingerprint density at radius 3 is 2.07 bits per heavy atom. The van der Waals surface area contributed by atoms with Gasteiger partial charge in [-0.3, -0.25) is 0 Å². The molecule has 0 amide bonds. The van der Waals surface area contributed by atoms with Gasteiger partial charge in [-0.1, -0.05) is 30.0 Å². The van der Waals surface area contributed by atoms with Gasteiger partial charge in [-0.25, -0.2) is 0 Å². The molecule has 84 valence electrons. The molecule has 1 rings (SSSR count). The summed E-state index contributed by atoms with van der Waals surface area (Å²) in [6, 6.07) is 10.1. The molecule has 0 aliphatic rings. The number of ether oxygens (including phenoxy) is 2. The summed E-state index contributed by atoms with van der Waals surface area (Å²) < 4.78 is 11.2. The number of hydrogen-bond donors (Lipinski definition) is 0. The normalized spacial score (nSPS) is 11.7.